The van der Waals surface area contributed by atoms with E-state index in [2.05, 4.69) is 31.2 Å². The first-order valence-corrected chi connectivity index (χ1v) is 7.02. The molecule has 1 atom stereocenters. The van der Waals surface area contributed by atoms with Crippen molar-refractivity contribution >= 4 is 5.57 Å². The summed E-state index contributed by atoms with van der Waals surface area (Å²) in [5.74, 6) is 0.560. The smallest absolute Gasteiger partial charge is 0.0994 e. The van der Waals surface area contributed by atoms with Crippen molar-refractivity contribution in [1.82, 2.24) is 0 Å². The quantitative estimate of drug-likeness (QED) is 0.718. The Morgan fingerprint density at radius 3 is 3.00 bits per heavy atom. The van der Waals surface area contributed by atoms with Gasteiger partial charge in [-0.15, -0.1) is 0 Å². The van der Waals surface area contributed by atoms with E-state index in [9.17, 15) is 5.26 Å². The maximum absolute atomic E-state index is 9.37. The number of rotatable bonds is 1. The molecule has 3 rings (SSSR count). The lowest BCUT2D eigenvalue weighted by Gasteiger charge is -2.28. The average molecular weight is 236 g/mol. The van der Waals surface area contributed by atoms with Crippen molar-refractivity contribution in [2.75, 3.05) is 0 Å². The van der Waals surface area contributed by atoms with Gasteiger partial charge in [-0.1, -0.05) is 19.1 Å². The predicted molar refractivity (Wildman–Crippen MR) is 73.2 cm³/mol. The molecule has 2 aliphatic carbocycles. The zero-order chi connectivity index (χ0) is 12.5. The molecule has 0 heterocycles. The Hall–Kier alpha value is -1.55. The van der Waals surface area contributed by atoms with Crippen LogP contribution in [-0.4, -0.2) is 0 Å². The van der Waals surface area contributed by atoms with Crippen molar-refractivity contribution in [2.45, 2.75) is 51.4 Å². The van der Waals surface area contributed by atoms with Crippen molar-refractivity contribution in [1.29, 1.82) is 5.26 Å². The molecule has 0 aliphatic heterocycles. The van der Waals surface area contributed by atoms with E-state index < -0.39 is 0 Å². The molecule has 0 aromatic heterocycles. The monoisotopic (exact) mass is 236 g/mol. The summed E-state index contributed by atoms with van der Waals surface area (Å²) in [5, 5.41) is 9.37. The van der Waals surface area contributed by atoms with Crippen LogP contribution in [0.1, 0.15) is 60.8 Å². The number of allylic oxidation sites excluding steroid dienone is 2. The summed E-state index contributed by atoms with van der Waals surface area (Å²) >= 11 is 0. The second kappa shape index (κ2) is 4.61. The molecule has 1 aromatic rings. The molecule has 18 heavy (non-hydrogen) atoms. The molecule has 0 bridgehead atoms. The van der Waals surface area contributed by atoms with Crippen molar-refractivity contribution in [3.8, 4) is 6.07 Å². The largest absolute Gasteiger partial charge is 0.192 e. The SMILES string of the molecule is CCC1CC=C(C#N)c2c1[c]cc1c2CCCC1. The van der Waals surface area contributed by atoms with E-state index in [0.717, 1.165) is 31.3 Å². The molecule has 0 spiro atoms. The maximum Gasteiger partial charge on any atom is 0.0994 e. The third kappa shape index (κ3) is 1.68. The Labute approximate surface area is 109 Å². The Balaban J connectivity index is 2.21. The summed E-state index contributed by atoms with van der Waals surface area (Å²) < 4.78 is 0. The standard InChI is InChI=1S/C17H18N/c1-2-12-7-8-14(11-18)17-15-6-4-3-5-13(15)9-10-16(12)17/h8-9,12H,2-7H2,1H3. The van der Waals surface area contributed by atoms with Crippen LogP contribution in [0.5, 0.6) is 0 Å². The predicted octanol–water partition coefficient (Wildman–Crippen LogP) is 4.17. The highest BCUT2D eigenvalue weighted by molar-refractivity contribution is 5.83. The molecule has 2 aliphatic rings. The van der Waals surface area contributed by atoms with Crippen molar-refractivity contribution < 1.29 is 0 Å². The lowest BCUT2D eigenvalue weighted by atomic mass is 9.76. The molecule has 1 aromatic carbocycles. The van der Waals surface area contributed by atoms with Crippen LogP contribution in [0.3, 0.4) is 0 Å². The third-order valence-corrected chi connectivity index (χ3v) is 4.38. The highest BCUT2D eigenvalue weighted by Crippen LogP contribution is 2.40. The second-order valence-electron chi connectivity index (χ2n) is 5.36. The van der Waals surface area contributed by atoms with Gasteiger partial charge in [-0.3, -0.25) is 0 Å². The molecular formula is C17H18N. The molecule has 0 amide bonds. The van der Waals surface area contributed by atoms with Gasteiger partial charge in [0.05, 0.1) is 11.6 Å². The van der Waals surface area contributed by atoms with E-state index in [1.165, 1.54) is 35.1 Å². The van der Waals surface area contributed by atoms with Gasteiger partial charge >= 0.3 is 0 Å². The van der Waals surface area contributed by atoms with E-state index in [4.69, 9.17) is 0 Å². The fourth-order valence-corrected chi connectivity index (χ4v) is 3.36. The molecule has 0 saturated heterocycles. The van der Waals surface area contributed by atoms with E-state index in [0.29, 0.717) is 5.92 Å². The number of benzene rings is 1. The molecule has 91 valence electrons. The summed E-state index contributed by atoms with van der Waals surface area (Å²) in [4.78, 5) is 0. The zero-order valence-electron chi connectivity index (χ0n) is 10.9. The van der Waals surface area contributed by atoms with Gasteiger partial charge in [0.2, 0.25) is 0 Å². The Morgan fingerprint density at radius 2 is 2.22 bits per heavy atom. The molecule has 1 unspecified atom stereocenters. The van der Waals surface area contributed by atoms with Crippen molar-refractivity contribution in [3.05, 3.63) is 40.5 Å². The molecule has 1 radical (unpaired) electrons. The highest BCUT2D eigenvalue weighted by atomic mass is 14.3. The second-order valence-corrected chi connectivity index (χ2v) is 5.36. The molecule has 1 nitrogen and oxygen atoms in total. The first kappa shape index (κ1) is 11.5. The summed E-state index contributed by atoms with van der Waals surface area (Å²) in [7, 11) is 0. The fourth-order valence-electron chi connectivity index (χ4n) is 3.36. The highest BCUT2D eigenvalue weighted by Gasteiger charge is 2.25. The number of fused-ring (bicyclic) bond motifs is 3. The van der Waals surface area contributed by atoms with Gasteiger partial charge in [-0.25, -0.2) is 0 Å². The number of nitrogens with zero attached hydrogens (tertiary/aromatic N) is 1. The first-order valence-electron chi connectivity index (χ1n) is 7.02. The van der Waals surface area contributed by atoms with E-state index in [1.807, 2.05) is 0 Å². The summed E-state index contributed by atoms with van der Waals surface area (Å²) in [6, 6.07) is 8.08. The fraction of sp³-hybridized carbons (Fsp3) is 0.471. The van der Waals surface area contributed by atoms with Crippen molar-refractivity contribution in [2.24, 2.45) is 0 Å². The molecule has 0 saturated carbocycles. The number of hydrogen-bond donors (Lipinski definition) is 0. The Morgan fingerprint density at radius 1 is 1.39 bits per heavy atom. The van der Waals surface area contributed by atoms with E-state index in [-0.39, 0.29) is 0 Å². The van der Waals surface area contributed by atoms with Crippen LogP contribution in [-0.2, 0) is 12.8 Å². The first-order chi connectivity index (χ1) is 8.85. The van der Waals surface area contributed by atoms with E-state index in [1.54, 1.807) is 0 Å². The van der Waals surface area contributed by atoms with Crippen LogP contribution in [0.2, 0.25) is 0 Å². The molecule has 0 N–H and O–H groups in total. The zero-order valence-corrected chi connectivity index (χ0v) is 10.9. The van der Waals surface area contributed by atoms with Crippen molar-refractivity contribution in [3.63, 3.8) is 0 Å². The summed E-state index contributed by atoms with van der Waals surface area (Å²) in [6.45, 7) is 2.23. The minimum absolute atomic E-state index is 0.560. The van der Waals surface area contributed by atoms with Gasteiger partial charge < -0.3 is 0 Å². The molecule has 0 fully saturated rings. The van der Waals surface area contributed by atoms with Crippen LogP contribution >= 0.6 is 0 Å². The van der Waals surface area contributed by atoms with Crippen LogP contribution in [0.25, 0.3) is 5.57 Å². The molecular weight excluding hydrogens is 218 g/mol. The van der Waals surface area contributed by atoms with Gasteiger partial charge in [0.15, 0.2) is 0 Å². The summed E-state index contributed by atoms with van der Waals surface area (Å²) in [5.41, 5.74) is 6.31. The third-order valence-electron chi connectivity index (χ3n) is 4.38. The van der Waals surface area contributed by atoms with Crippen LogP contribution < -0.4 is 0 Å². The summed E-state index contributed by atoms with van der Waals surface area (Å²) in [6.07, 6.45) is 9.12. The van der Waals surface area contributed by atoms with Gasteiger partial charge in [-0.2, -0.15) is 5.26 Å². The van der Waals surface area contributed by atoms with Gasteiger partial charge in [0.1, 0.15) is 0 Å². The number of nitriles is 1. The van der Waals surface area contributed by atoms with Gasteiger partial charge in [0, 0.05) is 0 Å². The Bertz CT molecular complexity index is 545. The minimum atomic E-state index is 0.560. The maximum atomic E-state index is 9.37. The van der Waals surface area contributed by atoms with Crippen LogP contribution in [0.4, 0.5) is 0 Å². The lowest BCUT2D eigenvalue weighted by Crippen LogP contribution is -2.13. The van der Waals surface area contributed by atoms with Gasteiger partial charge in [-0.05, 0) is 72.8 Å². The topological polar surface area (TPSA) is 23.8 Å². The van der Waals surface area contributed by atoms with E-state index >= 15 is 0 Å². The van der Waals surface area contributed by atoms with Gasteiger partial charge in [0.25, 0.3) is 0 Å². The van der Waals surface area contributed by atoms with Crippen LogP contribution in [0.15, 0.2) is 12.1 Å². The lowest BCUT2D eigenvalue weighted by molar-refractivity contribution is 0.648. The van der Waals surface area contributed by atoms with Crippen LogP contribution in [0, 0.1) is 17.4 Å². The number of aryl methyl sites for hydroxylation is 1. The molecule has 1 heteroatoms. The number of hydrogen-bond acceptors (Lipinski definition) is 1. The normalized spacial score (nSPS) is 21.6. The average Bonchev–Trinajstić information content (AvgIpc) is 2.45. The Kier molecular flexibility index (Phi) is 2.96. The minimum Gasteiger partial charge on any atom is -0.192 e.